The molecule has 0 aliphatic rings. The fourth-order valence-corrected chi connectivity index (χ4v) is 1.30. The summed E-state index contributed by atoms with van der Waals surface area (Å²) in [6, 6.07) is 3.37. The molecule has 2 aromatic heterocycles. The van der Waals surface area contributed by atoms with Crippen LogP contribution in [0.3, 0.4) is 0 Å². The largest absolute Gasteiger partial charge is 0.369 e. The number of carbonyl (C=O) groups is 1. The second-order valence-electron chi connectivity index (χ2n) is 3.01. The van der Waals surface area contributed by atoms with Gasteiger partial charge in [0.2, 0.25) is 5.91 Å². The van der Waals surface area contributed by atoms with E-state index in [1.165, 1.54) is 4.52 Å². The van der Waals surface area contributed by atoms with Crippen LogP contribution in [-0.2, 0) is 4.79 Å². The number of hydrogen-bond acceptors (Lipinski definition) is 3. The molecule has 0 bridgehead atoms. The summed E-state index contributed by atoms with van der Waals surface area (Å²) in [4.78, 5) is 14.6. The molecule has 0 spiro atoms. The molecule has 2 aromatic rings. The molecule has 0 aromatic carbocycles. The third kappa shape index (κ3) is 2.12. The van der Waals surface area contributed by atoms with Crippen molar-refractivity contribution in [2.45, 2.75) is 6.42 Å². The van der Waals surface area contributed by atoms with Gasteiger partial charge in [-0.1, -0.05) is 17.5 Å². The van der Waals surface area contributed by atoms with Crippen molar-refractivity contribution >= 4 is 23.2 Å². The van der Waals surface area contributed by atoms with Crippen LogP contribution in [0.25, 0.3) is 5.65 Å². The second-order valence-corrected chi connectivity index (χ2v) is 3.40. The Labute approximate surface area is 96.2 Å². The SMILES string of the molecule is NC(=O)CC#Cc1cnc2ccc(Cl)nn12. The number of amides is 1. The molecule has 0 atom stereocenters. The average molecular weight is 235 g/mol. The molecule has 2 heterocycles. The van der Waals surface area contributed by atoms with Crippen molar-refractivity contribution in [2.75, 3.05) is 0 Å². The molecule has 0 radical (unpaired) electrons. The highest BCUT2D eigenvalue weighted by molar-refractivity contribution is 6.29. The van der Waals surface area contributed by atoms with E-state index in [4.69, 9.17) is 17.3 Å². The third-order valence-corrected chi connectivity index (χ3v) is 2.01. The van der Waals surface area contributed by atoms with Gasteiger partial charge >= 0.3 is 0 Å². The molecule has 0 fully saturated rings. The van der Waals surface area contributed by atoms with Gasteiger partial charge in [-0.15, -0.1) is 0 Å². The van der Waals surface area contributed by atoms with Crippen molar-refractivity contribution in [1.82, 2.24) is 14.6 Å². The molecule has 5 nitrogen and oxygen atoms in total. The van der Waals surface area contributed by atoms with Gasteiger partial charge in [0, 0.05) is 0 Å². The third-order valence-electron chi connectivity index (χ3n) is 1.81. The van der Waals surface area contributed by atoms with Crippen LogP contribution in [0.2, 0.25) is 5.15 Å². The van der Waals surface area contributed by atoms with Crippen molar-refractivity contribution in [2.24, 2.45) is 5.73 Å². The van der Waals surface area contributed by atoms with Crippen molar-refractivity contribution < 1.29 is 4.79 Å². The van der Waals surface area contributed by atoms with Gasteiger partial charge in [0.1, 0.15) is 10.8 Å². The maximum atomic E-state index is 10.5. The Bertz CT molecular complexity index is 608. The van der Waals surface area contributed by atoms with Gasteiger partial charge in [0.15, 0.2) is 5.65 Å². The monoisotopic (exact) mass is 234 g/mol. The molecule has 6 heteroatoms. The Morgan fingerprint density at radius 3 is 3.12 bits per heavy atom. The Balaban J connectivity index is 2.40. The Morgan fingerprint density at radius 1 is 1.56 bits per heavy atom. The van der Waals surface area contributed by atoms with Crippen molar-refractivity contribution in [3.05, 3.63) is 29.2 Å². The van der Waals surface area contributed by atoms with E-state index in [1.807, 2.05) is 0 Å². The van der Waals surface area contributed by atoms with Crippen LogP contribution in [-0.4, -0.2) is 20.5 Å². The van der Waals surface area contributed by atoms with Gasteiger partial charge in [-0.05, 0) is 18.1 Å². The molecule has 2 N–H and O–H groups in total. The van der Waals surface area contributed by atoms with E-state index in [0.29, 0.717) is 16.5 Å². The van der Waals surface area contributed by atoms with Gasteiger partial charge in [0.25, 0.3) is 0 Å². The van der Waals surface area contributed by atoms with Crippen LogP contribution < -0.4 is 5.73 Å². The molecule has 0 aliphatic heterocycles. The predicted octanol–water partition coefficient (Wildman–Crippen LogP) is 0.610. The second kappa shape index (κ2) is 4.21. The standard InChI is InChI=1S/C10H7ClN4O/c11-8-4-5-10-13-6-7(15(10)14-8)2-1-3-9(12)16/h4-6H,3H2,(H2,12,16). The maximum Gasteiger partial charge on any atom is 0.229 e. The fourth-order valence-electron chi connectivity index (χ4n) is 1.16. The van der Waals surface area contributed by atoms with Crippen LogP contribution in [0.5, 0.6) is 0 Å². The Kier molecular flexibility index (Phi) is 2.75. The van der Waals surface area contributed by atoms with Crippen LogP contribution in [0.15, 0.2) is 18.3 Å². The lowest BCUT2D eigenvalue weighted by atomic mass is 10.4. The van der Waals surface area contributed by atoms with Crippen molar-refractivity contribution in [3.8, 4) is 11.8 Å². The first-order valence-electron chi connectivity index (χ1n) is 4.44. The first kappa shape index (κ1) is 10.5. The van der Waals surface area contributed by atoms with E-state index in [-0.39, 0.29) is 6.42 Å². The zero-order valence-corrected chi connectivity index (χ0v) is 8.90. The number of fused-ring (bicyclic) bond motifs is 1. The lowest BCUT2D eigenvalue weighted by molar-refractivity contribution is -0.117. The van der Waals surface area contributed by atoms with Crippen LogP contribution >= 0.6 is 11.6 Å². The van der Waals surface area contributed by atoms with E-state index >= 15 is 0 Å². The predicted molar refractivity (Wildman–Crippen MR) is 58.7 cm³/mol. The van der Waals surface area contributed by atoms with Gasteiger partial charge in [-0.2, -0.15) is 5.10 Å². The summed E-state index contributed by atoms with van der Waals surface area (Å²) in [6.07, 6.45) is 1.57. The molecule has 0 saturated carbocycles. The molecule has 0 aliphatic carbocycles. The Morgan fingerprint density at radius 2 is 2.38 bits per heavy atom. The molecule has 0 saturated heterocycles. The summed E-state index contributed by atoms with van der Waals surface area (Å²) in [5, 5.41) is 4.38. The number of hydrogen-bond donors (Lipinski definition) is 1. The smallest absolute Gasteiger partial charge is 0.229 e. The first-order chi connectivity index (χ1) is 7.66. The Hall–Kier alpha value is -2.06. The summed E-state index contributed by atoms with van der Waals surface area (Å²) < 4.78 is 1.51. The van der Waals surface area contributed by atoms with Crippen molar-refractivity contribution in [3.63, 3.8) is 0 Å². The highest BCUT2D eigenvalue weighted by atomic mass is 35.5. The average Bonchev–Trinajstić information content (AvgIpc) is 2.60. The number of aromatic nitrogens is 3. The summed E-state index contributed by atoms with van der Waals surface area (Å²) in [5.74, 6) is 4.92. The summed E-state index contributed by atoms with van der Waals surface area (Å²) in [6.45, 7) is 0. The van der Waals surface area contributed by atoms with Crippen molar-refractivity contribution in [1.29, 1.82) is 0 Å². The lowest BCUT2D eigenvalue weighted by Crippen LogP contribution is -2.08. The topological polar surface area (TPSA) is 73.3 Å². The zero-order valence-electron chi connectivity index (χ0n) is 8.14. The minimum Gasteiger partial charge on any atom is -0.369 e. The maximum absolute atomic E-state index is 10.5. The highest BCUT2D eigenvalue weighted by Gasteiger charge is 2.01. The highest BCUT2D eigenvalue weighted by Crippen LogP contribution is 2.08. The van der Waals surface area contributed by atoms with E-state index in [9.17, 15) is 4.79 Å². The lowest BCUT2D eigenvalue weighted by Gasteiger charge is -1.93. The minimum absolute atomic E-state index is 0.00774. The molecule has 0 unspecified atom stereocenters. The van der Waals surface area contributed by atoms with E-state index in [1.54, 1.807) is 18.3 Å². The summed E-state index contributed by atoms with van der Waals surface area (Å²) in [5.41, 5.74) is 6.18. The molecule has 80 valence electrons. The molecular formula is C10H7ClN4O. The number of rotatable bonds is 1. The number of halogens is 1. The summed E-state index contributed by atoms with van der Waals surface area (Å²) in [7, 11) is 0. The molecule has 1 amide bonds. The number of primary amides is 1. The van der Waals surface area contributed by atoms with E-state index in [0.717, 1.165) is 0 Å². The molecular weight excluding hydrogens is 228 g/mol. The number of nitrogens with zero attached hydrogens (tertiary/aromatic N) is 3. The minimum atomic E-state index is -0.465. The van der Waals surface area contributed by atoms with E-state index in [2.05, 4.69) is 21.9 Å². The number of carbonyl (C=O) groups excluding carboxylic acids is 1. The zero-order chi connectivity index (χ0) is 11.5. The van der Waals surface area contributed by atoms with Gasteiger partial charge < -0.3 is 5.73 Å². The molecule has 2 rings (SSSR count). The van der Waals surface area contributed by atoms with Crippen LogP contribution in [0.4, 0.5) is 0 Å². The van der Waals surface area contributed by atoms with Crippen LogP contribution in [0, 0.1) is 11.8 Å². The normalized spacial score (nSPS) is 9.81. The summed E-state index contributed by atoms with van der Waals surface area (Å²) >= 11 is 5.75. The molecule has 16 heavy (non-hydrogen) atoms. The van der Waals surface area contributed by atoms with Gasteiger partial charge in [-0.3, -0.25) is 4.79 Å². The fraction of sp³-hybridized carbons (Fsp3) is 0.100. The van der Waals surface area contributed by atoms with Crippen LogP contribution in [0.1, 0.15) is 12.1 Å². The number of nitrogens with two attached hydrogens (primary N) is 1. The van der Waals surface area contributed by atoms with Gasteiger partial charge in [0.05, 0.1) is 12.6 Å². The number of imidazole rings is 1. The van der Waals surface area contributed by atoms with Gasteiger partial charge in [-0.25, -0.2) is 9.50 Å². The quantitative estimate of drug-likeness (QED) is 0.735. The van der Waals surface area contributed by atoms with E-state index < -0.39 is 5.91 Å². The first-order valence-corrected chi connectivity index (χ1v) is 4.82.